The molecule has 0 spiro atoms. The van der Waals surface area contributed by atoms with Crippen molar-refractivity contribution in [1.29, 1.82) is 0 Å². The van der Waals surface area contributed by atoms with Crippen molar-refractivity contribution in [3.05, 3.63) is 34.4 Å². The molecule has 0 saturated carbocycles. The van der Waals surface area contributed by atoms with E-state index in [0.29, 0.717) is 28.1 Å². The number of nitrogens with zero attached hydrogens (tertiary/aromatic N) is 1. The lowest BCUT2D eigenvalue weighted by Gasteiger charge is -2.10. The first-order chi connectivity index (χ1) is 7.74. The van der Waals surface area contributed by atoms with E-state index in [-0.39, 0.29) is 0 Å². The van der Waals surface area contributed by atoms with Gasteiger partial charge in [-0.2, -0.15) is 5.10 Å². The average molecular weight is 257 g/mol. The van der Waals surface area contributed by atoms with Gasteiger partial charge in [-0.25, -0.2) is 0 Å². The molecule has 0 aliphatic rings. The third-order valence-corrected chi connectivity index (χ3v) is 2.70. The van der Waals surface area contributed by atoms with Gasteiger partial charge in [-0.3, -0.25) is 5.10 Å². The Balaban J connectivity index is 2.56. The SMILES string of the molecule is CCOc1c(Cl)cccc1-c1[nH]ncc1Cl. The van der Waals surface area contributed by atoms with Crippen LogP contribution in [0.4, 0.5) is 0 Å². The molecule has 0 fully saturated rings. The number of H-pyrrole nitrogens is 1. The number of ether oxygens (including phenoxy) is 1. The Hall–Kier alpha value is -1.19. The predicted molar refractivity (Wildman–Crippen MR) is 65.2 cm³/mol. The maximum atomic E-state index is 6.08. The van der Waals surface area contributed by atoms with Crippen molar-refractivity contribution >= 4 is 23.2 Å². The van der Waals surface area contributed by atoms with Gasteiger partial charge in [0.2, 0.25) is 0 Å². The lowest BCUT2D eigenvalue weighted by Crippen LogP contribution is -1.95. The summed E-state index contributed by atoms with van der Waals surface area (Å²) in [7, 11) is 0. The Morgan fingerprint density at radius 2 is 2.12 bits per heavy atom. The fourth-order valence-electron chi connectivity index (χ4n) is 1.46. The van der Waals surface area contributed by atoms with Crippen molar-refractivity contribution in [3.63, 3.8) is 0 Å². The standard InChI is InChI=1S/C11H10Cl2N2O/c1-2-16-11-7(4-3-5-8(11)12)10-9(13)6-14-15-10/h3-6H,2H2,1H3,(H,14,15). The second-order valence-electron chi connectivity index (χ2n) is 3.14. The molecule has 2 aromatic rings. The number of aromatic amines is 1. The third kappa shape index (κ3) is 2.01. The van der Waals surface area contributed by atoms with Crippen molar-refractivity contribution in [3.8, 4) is 17.0 Å². The highest BCUT2D eigenvalue weighted by Crippen LogP contribution is 2.37. The van der Waals surface area contributed by atoms with Gasteiger partial charge in [-0.15, -0.1) is 0 Å². The minimum atomic E-state index is 0.544. The summed E-state index contributed by atoms with van der Waals surface area (Å²) < 4.78 is 5.51. The summed E-state index contributed by atoms with van der Waals surface area (Å²) in [5, 5.41) is 7.81. The van der Waals surface area contributed by atoms with Crippen LogP contribution in [0.25, 0.3) is 11.3 Å². The number of nitrogens with one attached hydrogen (secondary N) is 1. The van der Waals surface area contributed by atoms with E-state index < -0.39 is 0 Å². The Bertz CT molecular complexity index is 496. The van der Waals surface area contributed by atoms with Crippen LogP contribution >= 0.6 is 23.2 Å². The van der Waals surface area contributed by atoms with E-state index in [2.05, 4.69) is 10.2 Å². The highest BCUT2D eigenvalue weighted by atomic mass is 35.5. The van der Waals surface area contributed by atoms with Crippen molar-refractivity contribution in [2.45, 2.75) is 6.92 Å². The number of para-hydroxylation sites is 1. The number of rotatable bonds is 3. The van der Waals surface area contributed by atoms with Crippen molar-refractivity contribution in [1.82, 2.24) is 10.2 Å². The van der Waals surface area contributed by atoms with Crippen LogP contribution in [-0.2, 0) is 0 Å². The summed E-state index contributed by atoms with van der Waals surface area (Å²) in [6.07, 6.45) is 1.55. The van der Waals surface area contributed by atoms with Crippen LogP contribution in [0.1, 0.15) is 6.92 Å². The summed E-state index contributed by atoms with van der Waals surface area (Å²) in [6, 6.07) is 5.51. The molecule has 0 radical (unpaired) electrons. The van der Waals surface area contributed by atoms with Crippen molar-refractivity contribution in [2.75, 3.05) is 6.61 Å². The summed E-state index contributed by atoms with van der Waals surface area (Å²) in [5.41, 5.74) is 1.53. The van der Waals surface area contributed by atoms with E-state index in [1.165, 1.54) is 0 Å². The normalized spacial score (nSPS) is 10.4. The summed E-state index contributed by atoms with van der Waals surface area (Å²) in [5.74, 6) is 0.623. The van der Waals surface area contributed by atoms with E-state index in [1.807, 2.05) is 19.1 Å². The molecule has 0 atom stereocenters. The second kappa shape index (κ2) is 4.76. The number of halogens is 2. The summed E-state index contributed by atoms with van der Waals surface area (Å²) in [6.45, 7) is 2.45. The first-order valence-corrected chi connectivity index (χ1v) is 5.60. The molecule has 0 bridgehead atoms. The van der Waals surface area contributed by atoms with E-state index in [1.54, 1.807) is 12.3 Å². The quantitative estimate of drug-likeness (QED) is 0.908. The third-order valence-electron chi connectivity index (χ3n) is 2.12. The van der Waals surface area contributed by atoms with Gasteiger partial charge in [-0.05, 0) is 19.1 Å². The number of hydrogen-bond acceptors (Lipinski definition) is 2. The molecule has 0 saturated heterocycles. The number of aromatic nitrogens is 2. The number of hydrogen-bond donors (Lipinski definition) is 1. The minimum absolute atomic E-state index is 0.544. The Labute approximate surface area is 103 Å². The van der Waals surface area contributed by atoms with Crippen molar-refractivity contribution < 1.29 is 4.74 Å². The monoisotopic (exact) mass is 256 g/mol. The Morgan fingerprint density at radius 3 is 2.75 bits per heavy atom. The smallest absolute Gasteiger partial charge is 0.147 e. The molecule has 1 N–H and O–H groups in total. The van der Waals surface area contributed by atoms with Crippen LogP contribution in [-0.4, -0.2) is 16.8 Å². The van der Waals surface area contributed by atoms with Crippen LogP contribution in [0.3, 0.4) is 0 Å². The first kappa shape index (κ1) is 11.3. The summed E-state index contributed by atoms with van der Waals surface area (Å²) in [4.78, 5) is 0. The molecule has 0 aliphatic carbocycles. The van der Waals surface area contributed by atoms with Crippen LogP contribution in [0, 0.1) is 0 Å². The van der Waals surface area contributed by atoms with E-state index in [0.717, 1.165) is 5.56 Å². The zero-order valence-corrected chi connectivity index (χ0v) is 10.1. The van der Waals surface area contributed by atoms with Crippen LogP contribution < -0.4 is 4.74 Å². The molecule has 1 heterocycles. The van der Waals surface area contributed by atoms with Gasteiger partial charge in [0.15, 0.2) is 0 Å². The topological polar surface area (TPSA) is 37.9 Å². The average Bonchev–Trinajstić information content (AvgIpc) is 2.68. The van der Waals surface area contributed by atoms with Gasteiger partial charge in [-0.1, -0.05) is 29.3 Å². The summed E-state index contributed by atoms with van der Waals surface area (Å²) >= 11 is 12.1. The van der Waals surface area contributed by atoms with Gasteiger partial charge < -0.3 is 4.74 Å². The first-order valence-electron chi connectivity index (χ1n) is 4.84. The molecule has 3 nitrogen and oxygen atoms in total. The van der Waals surface area contributed by atoms with E-state index in [9.17, 15) is 0 Å². The fraction of sp³-hybridized carbons (Fsp3) is 0.182. The predicted octanol–water partition coefficient (Wildman–Crippen LogP) is 3.78. The van der Waals surface area contributed by atoms with E-state index in [4.69, 9.17) is 27.9 Å². The zero-order chi connectivity index (χ0) is 11.5. The molecule has 16 heavy (non-hydrogen) atoms. The second-order valence-corrected chi connectivity index (χ2v) is 3.96. The minimum Gasteiger partial charge on any atom is -0.492 e. The van der Waals surface area contributed by atoms with Crippen LogP contribution in [0.15, 0.2) is 24.4 Å². The van der Waals surface area contributed by atoms with E-state index >= 15 is 0 Å². The van der Waals surface area contributed by atoms with Crippen LogP contribution in [0.2, 0.25) is 10.0 Å². The lowest BCUT2D eigenvalue weighted by molar-refractivity contribution is 0.342. The van der Waals surface area contributed by atoms with Crippen molar-refractivity contribution in [2.24, 2.45) is 0 Å². The molecule has 84 valence electrons. The van der Waals surface area contributed by atoms with Gasteiger partial charge in [0.25, 0.3) is 0 Å². The highest BCUT2D eigenvalue weighted by Gasteiger charge is 2.13. The van der Waals surface area contributed by atoms with Gasteiger partial charge in [0.1, 0.15) is 5.75 Å². The molecule has 0 aliphatic heterocycles. The highest BCUT2D eigenvalue weighted by molar-refractivity contribution is 6.34. The lowest BCUT2D eigenvalue weighted by atomic mass is 10.1. The largest absolute Gasteiger partial charge is 0.492 e. The fourth-order valence-corrected chi connectivity index (χ4v) is 1.88. The maximum Gasteiger partial charge on any atom is 0.147 e. The molecular formula is C11H10Cl2N2O. The van der Waals surface area contributed by atoms with Crippen LogP contribution in [0.5, 0.6) is 5.75 Å². The molecule has 5 heteroatoms. The molecule has 2 rings (SSSR count). The number of benzene rings is 1. The Morgan fingerprint density at radius 1 is 1.31 bits per heavy atom. The van der Waals surface area contributed by atoms with Gasteiger partial charge in [0.05, 0.1) is 28.5 Å². The van der Waals surface area contributed by atoms with Gasteiger partial charge >= 0.3 is 0 Å². The molecule has 1 aromatic heterocycles. The molecular weight excluding hydrogens is 247 g/mol. The van der Waals surface area contributed by atoms with Gasteiger partial charge in [0, 0.05) is 5.56 Å². The molecule has 1 aromatic carbocycles. The molecule has 0 unspecified atom stereocenters. The molecule has 0 amide bonds. The zero-order valence-electron chi connectivity index (χ0n) is 8.63. The maximum absolute atomic E-state index is 6.08. The Kier molecular flexibility index (Phi) is 3.36.